The molecule has 0 amide bonds. The molecule has 0 aromatic heterocycles. The summed E-state index contributed by atoms with van der Waals surface area (Å²) in [5.41, 5.74) is 0. The van der Waals surface area contributed by atoms with E-state index in [0.717, 1.165) is 12.8 Å². The van der Waals surface area contributed by atoms with Gasteiger partial charge in [-0.2, -0.15) is 9.57 Å². The van der Waals surface area contributed by atoms with Crippen LogP contribution < -0.4 is 0 Å². The molecule has 0 radical (unpaired) electrons. The SMILES string of the molecule is N#CCCN(CC1CC1)S(=O)(=O)c1cccc(Cl)c1. The van der Waals surface area contributed by atoms with Crippen molar-refractivity contribution in [2.24, 2.45) is 5.92 Å². The second kappa shape index (κ2) is 5.91. The van der Waals surface area contributed by atoms with Gasteiger partial charge >= 0.3 is 0 Å². The fraction of sp³-hybridized carbons (Fsp3) is 0.462. The molecule has 1 aromatic rings. The van der Waals surface area contributed by atoms with Crippen LogP contribution in [0, 0.1) is 17.2 Å². The van der Waals surface area contributed by atoms with Crippen LogP contribution in [-0.4, -0.2) is 25.8 Å². The van der Waals surface area contributed by atoms with Gasteiger partial charge in [-0.25, -0.2) is 8.42 Å². The first kappa shape index (κ1) is 14.3. The first-order chi connectivity index (χ1) is 9.04. The lowest BCUT2D eigenvalue weighted by Crippen LogP contribution is -2.33. The van der Waals surface area contributed by atoms with Crippen molar-refractivity contribution >= 4 is 21.6 Å². The molecule has 0 unspecified atom stereocenters. The Labute approximate surface area is 118 Å². The lowest BCUT2D eigenvalue weighted by atomic mass is 10.4. The van der Waals surface area contributed by atoms with E-state index < -0.39 is 10.0 Å². The molecule has 0 spiro atoms. The Morgan fingerprint density at radius 2 is 2.16 bits per heavy atom. The monoisotopic (exact) mass is 298 g/mol. The molecule has 1 saturated carbocycles. The van der Waals surface area contributed by atoms with Gasteiger partial charge in [0.1, 0.15) is 0 Å². The predicted octanol–water partition coefficient (Wildman–Crippen LogP) is 2.65. The minimum Gasteiger partial charge on any atom is -0.207 e. The molecular formula is C13H15ClN2O2S. The summed E-state index contributed by atoms with van der Waals surface area (Å²) in [4.78, 5) is 0.193. The molecule has 0 N–H and O–H groups in total. The summed E-state index contributed by atoms with van der Waals surface area (Å²) in [5.74, 6) is 0.438. The summed E-state index contributed by atoms with van der Waals surface area (Å²) >= 11 is 5.84. The van der Waals surface area contributed by atoms with Gasteiger partial charge in [-0.1, -0.05) is 17.7 Å². The van der Waals surface area contributed by atoms with E-state index in [1.165, 1.54) is 16.4 Å². The van der Waals surface area contributed by atoms with E-state index in [1.807, 2.05) is 6.07 Å². The van der Waals surface area contributed by atoms with Crippen LogP contribution in [0.25, 0.3) is 0 Å². The topological polar surface area (TPSA) is 61.2 Å². The first-order valence-electron chi connectivity index (χ1n) is 6.16. The number of hydrogen-bond acceptors (Lipinski definition) is 3. The molecule has 0 heterocycles. The van der Waals surface area contributed by atoms with Gasteiger partial charge < -0.3 is 0 Å². The zero-order valence-electron chi connectivity index (χ0n) is 10.4. The molecule has 6 heteroatoms. The second-order valence-electron chi connectivity index (χ2n) is 4.67. The van der Waals surface area contributed by atoms with E-state index in [2.05, 4.69) is 0 Å². The number of nitriles is 1. The Morgan fingerprint density at radius 1 is 1.42 bits per heavy atom. The zero-order valence-corrected chi connectivity index (χ0v) is 12.0. The van der Waals surface area contributed by atoms with E-state index >= 15 is 0 Å². The number of halogens is 1. The molecule has 102 valence electrons. The second-order valence-corrected chi connectivity index (χ2v) is 7.05. The molecule has 1 aliphatic rings. The summed E-state index contributed by atoms with van der Waals surface area (Å²) in [5, 5.41) is 9.05. The van der Waals surface area contributed by atoms with Gasteiger partial charge in [0.25, 0.3) is 0 Å². The van der Waals surface area contributed by atoms with Gasteiger partial charge in [-0.05, 0) is 37.0 Å². The number of nitrogens with zero attached hydrogens (tertiary/aromatic N) is 2. The minimum atomic E-state index is -3.55. The van der Waals surface area contributed by atoms with E-state index in [1.54, 1.807) is 12.1 Å². The number of sulfonamides is 1. The highest BCUT2D eigenvalue weighted by molar-refractivity contribution is 7.89. The fourth-order valence-corrected chi connectivity index (χ4v) is 3.67. The van der Waals surface area contributed by atoms with Crippen LogP contribution in [0.5, 0.6) is 0 Å². The summed E-state index contributed by atoms with van der Waals surface area (Å²) < 4.78 is 26.4. The smallest absolute Gasteiger partial charge is 0.207 e. The van der Waals surface area contributed by atoms with Crippen molar-refractivity contribution < 1.29 is 8.42 Å². The van der Waals surface area contributed by atoms with Gasteiger partial charge in [0.05, 0.1) is 11.0 Å². The van der Waals surface area contributed by atoms with Crippen molar-refractivity contribution in [3.63, 3.8) is 0 Å². The standard InChI is InChI=1S/C13H15ClN2O2S/c14-12-3-1-4-13(9-12)19(17,18)16(8-2-7-15)10-11-5-6-11/h1,3-4,9,11H,2,5-6,8,10H2. The third kappa shape index (κ3) is 3.69. The van der Waals surface area contributed by atoms with E-state index in [4.69, 9.17) is 16.9 Å². The molecule has 1 fully saturated rings. The fourth-order valence-electron chi connectivity index (χ4n) is 1.85. The average Bonchev–Trinajstić information content (AvgIpc) is 3.18. The molecule has 0 atom stereocenters. The minimum absolute atomic E-state index is 0.193. The average molecular weight is 299 g/mol. The first-order valence-corrected chi connectivity index (χ1v) is 7.98. The molecule has 0 saturated heterocycles. The molecule has 1 aliphatic carbocycles. The summed E-state index contributed by atoms with van der Waals surface area (Å²) in [7, 11) is -3.55. The van der Waals surface area contributed by atoms with Crippen LogP contribution in [0.4, 0.5) is 0 Å². The zero-order chi connectivity index (χ0) is 13.9. The van der Waals surface area contributed by atoms with Gasteiger partial charge in [0.15, 0.2) is 0 Å². The molecular weight excluding hydrogens is 284 g/mol. The maximum absolute atomic E-state index is 12.5. The van der Waals surface area contributed by atoms with E-state index in [-0.39, 0.29) is 17.9 Å². The third-order valence-corrected chi connectivity index (χ3v) is 5.16. The Bertz CT molecular complexity index is 591. The molecule has 1 aromatic carbocycles. The lowest BCUT2D eigenvalue weighted by Gasteiger charge is -2.21. The molecule has 0 aliphatic heterocycles. The molecule has 19 heavy (non-hydrogen) atoms. The van der Waals surface area contributed by atoms with Crippen molar-refractivity contribution in [1.82, 2.24) is 4.31 Å². The molecule has 2 rings (SSSR count). The highest BCUT2D eigenvalue weighted by Gasteiger charge is 2.31. The van der Waals surface area contributed by atoms with Gasteiger partial charge in [0, 0.05) is 24.5 Å². The Hall–Kier alpha value is -1.09. The summed E-state index contributed by atoms with van der Waals surface area (Å²) in [6.07, 6.45) is 2.33. The number of hydrogen-bond donors (Lipinski definition) is 0. The maximum Gasteiger partial charge on any atom is 0.243 e. The highest BCUT2D eigenvalue weighted by Crippen LogP contribution is 2.32. The number of rotatable bonds is 6. The Kier molecular flexibility index (Phi) is 4.46. The molecule has 4 nitrogen and oxygen atoms in total. The van der Waals surface area contributed by atoms with Gasteiger partial charge in [-0.15, -0.1) is 0 Å². The maximum atomic E-state index is 12.5. The lowest BCUT2D eigenvalue weighted by molar-refractivity contribution is 0.402. The van der Waals surface area contributed by atoms with Crippen molar-refractivity contribution in [2.45, 2.75) is 24.2 Å². The van der Waals surface area contributed by atoms with Crippen molar-refractivity contribution in [3.05, 3.63) is 29.3 Å². The van der Waals surface area contributed by atoms with Gasteiger partial charge in [-0.3, -0.25) is 0 Å². The predicted molar refractivity (Wildman–Crippen MR) is 73.2 cm³/mol. The summed E-state index contributed by atoms with van der Waals surface area (Å²) in [6.45, 7) is 0.734. The molecule has 0 bridgehead atoms. The normalized spacial score (nSPS) is 15.4. The van der Waals surface area contributed by atoms with Crippen LogP contribution in [0.15, 0.2) is 29.2 Å². The number of benzene rings is 1. The third-order valence-electron chi connectivity index (χ3n) is 3.07. The van der Waals surface area contributed by atoms with Crippen molar-refractivity contribution in [2.75, 3.05) is 13.1 Å². The Morgan fingerprint density at radius 3 is 2.74 bits per heavy atom. The van der Waals surface area contributed by atoms with E-state index in [9.17, 15) is 8.42 Å². The van der Waals surface area contributed by atoms with Crippen molar-refractivity contribution in [1.29, 1.82) is 5.26 Å². The van der Waals surface area contributed by atoms with Crippen LogP contribution in [-0.2, 0) is 10.0 Å². The highest BCUT2D eigenvalue weighted by atomic mass is 35.5. The Balaban J connectivity index is 2.24. The van der Waals surface area contributed by atoms with Crippen molar-refractivity contribution in [3.8, 4) is 6.07 Å². The van der Waals surface area contributed by atoms with Crippen LogP contribution in [0.2, 0.25) is 5.02 Å². The van der Waals surface area contributed by atoms with Crippen LogP contribution >= 0.6 is 11.6 Å². The largest absolute Gasteiger partial charge is 0.243 e. The van der Waals surface area contributed by atoms with Crippen LogP contribution in [0.3, 0.4) is 0 Å². The van der Waals surface area contributed by atoms with Crippen LogP contribution in [0.1, 0.15) is 19.3 Å². The summed E-state index contributed by atoms with van der Waals surface area (Å²) in [6, 6.07) is 8.24. The van der Waals surface area contributed by atoms with E-state index in [0.29, 0.717) is 17.5 Å². The van der Waals surface area contributed by atoms with Gasteiger partial charge in [0.2, 0.25) is 10.0 Å². The quantitative estimate of drug-likeness (QED) is 0.811.